The van der Waals surface area contributed by atoms with E-state index in [1.807, 2.05) is 6.92 Å². The quantitative estimate of drug-likeness (QED) is 0.689. The molecule has 0 N–H and O–H groups in total. The number of ether oxygens (including phenoxy) is 1. The molecule has 4 nitrogen and oxygen atoms in total. The van der Waals surface area contributed by atoms with Gasteiger partial charge < -0.3 is 4.74 Å². The molecule has 3 atom stereocenters. The molecule has 5 heteroatoms. The fraction of sp³-hybridized carbons (Fsp3) is 0.909. The van der Waals surface area contributed by atoms with Crippen molar-refractivity contribution in [2.24, 2.45) is 0 Å². The molecule has 0 saturated carbocycles. The van der Waals surface area contributed by atoms with Crippen LogP contribution in [0.2, 0.25) is 0 Å². The maximum atomic E-state index is 11.6. The summed E-state index contributed by atoms with van der Waals surface area (Å²) in [5.41, 5.74) is 0. The molecule has 0 unspecified atom stereocenters. The maximum absolute atomic E-state index is 11.6. The topological polar surface area (TPSA) is 46.6 Å². The maximum Gasteiger partial charge on any atom is 0.305 e. The zero-order valence-electron chi connectivity index (χ0n) is 10.3. The summed E-state index contributed by atoms with van der Waals surface area (Å²) in [6, 6.07) is 0.340. The lowest BCUT2D eigenvalue weighted by Gasteiger charge is -2.37. The van der Waals surface area contributed by atoms with Crippen LogP contribution in [0.3, 0.4) is 0 Å². The monoisotopic (exact) mass is 247 g/mol. The second-order valence-corrected chi connectivity index (χ2v) is 6.16. The van der Waals surface area contributed by atoms with Crippen molar-refractivity contribution in [3.63, 3.8) is 0 Å². The van der Waals surface area contributed by atoms with Gasteiger partial charge in [-0.25, -0.2) is 0 Å². The van der Waals surface area contributed by atoms with Gasteiger partial charge in [-0.15, -0.1) is 0 Å². The zero-order valence-corrected chi connectivity index (χ0v) is 11.1. The van der Waals surface area contributed by atoms with E-state index in [1.165, 1.54) is 7.11 Å². The van der Waals surface area contributed by atoms with Crippen LogP contribution in [-0.2, 0) is 20.3 Å². The number of methoxy groups -OCH3 is 1. The first kappa shape index (κ1) is 13.6. The molecule has 1 rings (SSSR count). The molecule has 1 aliphatic rings. The number of hydrogen-bond donors (Lipinski definition) is 0. The summed E-state index contributed by atoms with van der Waals surface area (Å²) in [5.74, 6) is 0.602. The van der Waals surface area contributed by atoms with Gasteiger partial charge in [0.15, 0.2) is 0 Å². The van der Waals surface area contributed by atoms with E-state index in [2.05, 4.69) is 16.6 Å². The number of carbonyl (C=O) groups excluding carboxylic acids is 1. The Morgan fingerprint density at radius 2 is 2.19 bits per heavy atom. The van der Waals surface area contributed by atoms with E-state index in [0.717, 1.165) is 25.3 Å². The Labute approximate surface area is 99.8 Å². The van der Waals surface area contributed by atoms with Crippen LogP contribution in [0, 0.1) is 0 Å². The molecular formula is C11H21NO3S. The Morgan fingerprint density at radius 1 is 1.50 bits per heavy atom. The van der Waals surface area contributed by atoms with Crippen LogP contribution >= 0.6 is 0 Å². The van der Waals surface area contributed by atoms with Crippen molar-refractivity contribution in [3.05, 3.63) is 0 Å². The molecule has 0 radical (unpaired) electrons. The van der Waals surface area contributed by atoms with Gasteiger partial charge in [0.25, 0.3) is 0 Å². The van der Waals surface area contributed by atoms with E-state index >= 15 is 0 Å². The lowest BCUT2D eigenvalue weighted by Crippen LogP contribution is -2.50. The number of carbonyl (C=O) groups is 1. The number of rotatable bonds is 4. The van der Waals surface area contributed by atoms with Gasteiger partial charge in [-0.3, -0.25) is 13.9 Å². The van der Waals surface area contributed by atoms with Crippen molar-refractivity contribution in [1.29, 1.82) is 0 Å². The average Bonchev–Trinajstić information content (AvgIpc) is 2.29. The van der Waals surface area contributed by atoms with Gasteiger partial charge in [0.2, 0.25) is 0 Å². The van der Waals surface area contributed by atoms with Crippen molar-refractivity contribution in [3.8, 4) is 0 Å². The van der Waals surface area contributed by atoms with Crippen LogP contribution in [-0.4, -0.2) is 52.3 Å². The van der Waals surface area contributed by atoms with Crippen LogP contribution in [0.25, 0.3) is 0 Å². The van der Waals surface area contributed by atoms with Gasteiger partial charge in [0.1, 0.15) is 0 Å². The van der Waals surface area contributed by atoms with Crippen LogP contribution in [0.1, 0.15) is 26.7 Å². The van der Waals surface area contributed by atoms with Crippen molar-refractivity contribution in [2.75, 3.05) is 26.0 Å². The highest BCUT2D eigenvalue weighted by molar-refractivity contribution is 7.85. The predicted octanol–water partition coefficient (Wildman–Crippen LogP) is 0.781. The molecular weight excluding hydrogens is 226 g/mol. The molecule has 0 aromatic carbocycles. The lowest BCUT2D eigenvalue weighted by molar-refractivity contribution is -0.140. The first-order valence-electron chi connectivity index (χ1n) is 5.74. The summed E-state index contributed by atoms with van der Waals surface area (Å²) in [7, 11) is 0.729. The molecule has 1 saturated heterocycles. The molecule has 0 aromatic rings. The second-order valence-electron chi connectivity index (χ2n) is 4.25. The molecule has 1 heterocycles. The van der Waals surface area contributed by atoms with Gasteiger partial charge in [-0.2, -0.15) is 0 Å². The minimum atomic E-state index is -0.685. The van der Waals surface area contributed by atoms with Crippen molar-refractivity contribution >= 4 is 16.8 Å². The molecule has 94 valence electrons. The zero-order chi connectivity index (χ0) is 12.1. The van der Waals surface area contributed by atoms with Crippen LogP contribution in [0.5, 0.6) is 0 Å². The van der Waals surface area contributed by atoms with Crippen molar-refractivity contribution < 1.29 is 13.7 Å². The molecule has 16 heavy (non-hydrogen) atoms. The summed E-state index contributed by atoms with van der Waals surface area (Å²) in [4.78, 5) is 13.3. The molecule has 0 spiro atoms. The fourth-order valence-electron chi connectivity index (χ4n) is 1.96. The summed E-state index contributed by atoms with van der Waals surface area (Å²) >= 11 is 0. The van der Waals surface area contributed by atoms with E-state index in [1.54, 1.807) is 0 Å². The third-order valence-electron chi connectivity index (χ3n) is 3.30. The SMILES string of the molecule is COC(=O)CCCN1CC[S@](=O)[C@@H](C)[C@H]1C. The van der Waals surface area contributed by atoms with E-state index < -0.39 is 10.8 Å². The third kappa shape index (κ3) is 3.56. The molecule has 0 amide bonds. The third-order valence-corrected chi connectivity index (χ3v) is 5.11. The minimum Gasteiger partial charge on any atom is -0.469 e. The fourth-order valence-corrected chi connectivity index (χ4v) is 3.35. The largest absolute Gasteiger partial charge is 0.469 e. The Balaban J connectivity index is 2.32. The number of hydrogen-bond acceptors (Lipinski definition) is 4. The molecule has 0 aliphatic carbocycles. The number of nitrogens with zero attached hydrogens (tertiary/aromatic N) is 1. The minimum absolute atomic E-state index is 0.152. The molecule has 0 bridgehead atoms. The first-order chi connectivity index (χ1) is 7.56. The number of esters is 1. The first-order valence-corrected chi connectivity index (χ1v) is 7.12. The van der Waals surface area contributed by atoms with E-state index in [9.17, 15) is 9.00 Å². The van der Waals surface area contributed by atoms with Gasteiger partial charge in [-0.1, -0.05) is 0 Å². The predicted molar refractivity (Wildman–Crippen MR) is 64.8 cm³/mol. The highest BCUT2D eigenvalue weighted by atomic mass is 32.2. The molecule has 0 aromatic heterocycles. The smallest absolute Gasteiger partial charge is 0.305 e. The Hall–Kier alpha value is -0.420. The summed E-state index contributed by atoms with van der Waals surface area (Å²) < 4.78 is 16.2. The summed E-state index contributed by atoms with van der Waals surface area (Å²) in [6.07, 6.45) is 1.29. The van der Waals surface area contributed by atoms with Crippen molar-refractivity contribution in [2.45, 2.75) is 38.0 Å². The van der Waals surface area contributed by atoms with Gasteiger partial charge in [-0.05, 0) is 26.8 Å². The second kappa shape index (κ2) is 6.35. The van der Waals surface area contributed by atoms with E-state index in [4.69, 9.17) is 0 Å². The average molecular weight is 247 g/mol. The molecule has 1 fully saturated rings. The van der Waals surface area contributed by atoms with Crippen molar-refractivity contribution in [1.82, 2.24) is 4.90 Å². The Bertz CT molecular complexity index is 270. The summed E-state index contributed by atoms with van der Waals surface area (Å²) in [5, 5.41) is 0.229. The summed E-state index contributed by atoms with van der Waals surface area (Å²) in [6.45, 7) is 5.91. The highest BCUT2D eigenvalue weighted by Crippen LogP contribution is 2.16. The van der Waals surface area contributed by atoms with Crippen LogP contribution < -0.4 is 0 Å². The van der Waals surface area contributed by atoms with Gasteiger partial charge in [0, 0.05) is 40.8 Å². The van der Waals surface area contributed by atoms with Crippen LogP contribution in [0.4, 0.5) is 0 Å². The molecule has 1 aliphatic heterocycles. The normalized spacial score (nSPS) is 31.3. The van der Waals surface area contributed by atoms with Gasteiger partial charge >= 0.3 is 5.97 Å². The Kier molecular flexibility index (Phi) is 5.41. The van der Waals surface area contributed by atoms with E-state index in [-0.39, 0.29) is 11.2 Å². The van der Waals surface area contributed by atoms with Gasteiger partial charge in [0.05, 0.1) is 7.11 Å². The lowest BCUT2D eigenvalue weighted by atomic mass is 10.2. The standard InChI is InChI=1S/C11H21NO3S/c1-9-10(2)16(14)8-7-12(9)6-4-5-11(13)15-3/h9-10H,4-8H2,1-3H3/t9-,10+,16+/m1/s1. The van der Waals surface area contributed by atoms with E-state index in [0.29, 0.717) is 12.5 Å². The highest BCUT2D eigenvalue weighted by Gasteiger charge is 2.29. The Morgan fingerprint density at radius 3 is 2.81 bits per heavy atom. The van der Waals surface area contributed by atoms with Crippen LogP contribution in [0.15, 0.2) is 0 Å².